The highest BCUT2D eigenvalue weighted by molar-refractivity contribution is 7.14. The number of para-hydroxylation sites is 1. The Morgan fingerprint density at radius 2 is 1.39 bits per heavy atom. The Morgan fingerprint density at radius 1 is 0.789 bits per heavy atom. The number of hydrogen-bond donors (Lipinski definition) is 1. The van der Waals surface area contributed by atoms with Crippen molar-refractivity contribution in [1.29, 1.82) is 0 Å². The molecule has 0 radical (unpaired) electrons. The summed E-state index contributed by atoms with van der Waals surface area (Å²) in [5, 5.41) is 7.06. The molecule has 2 saturated heterocycles. The van der Waals surface area contributed by atoms with Gasteiger partial charge in [0.2, 0.25) is 0 Å². The second kappa shape index (κ2) is 13.8. The monoisotopic (exact) mass is 552 g/mol. The number of piperazine rings is 2. The van der Waals surface area contributed by atoms with E-state index in [1.165, 1.54) is 68.9 Å². The van der Waals surface area contributed by atoms with Gasteiger partial charge in [-0.1, -0.05) is 48.0 Å². The average molecular weight is 553 g/mol. The second-order valence-corrected chi connectivity index (χ2v) is 11.7. The molecule has 0 saturated carbocycles. The molecule has 2 fully saturated rings. The Kier molecular flexibility index (Phi) is 9.93. The van der Waals surface area contributed by atoms with Crippen molar-refractivity contribution in [2.75, 3.05) is 89.3 Å². The Bertz CT molecular complexity index is 1120. The van der Waals surface area contributed by atoms with Crippen LogP contribution in [0, 0.1) is 0 Å². The van der Waals surface area contributed by atoms with Crippen LogP contribution >= 0.6 is 22.9 Å². The zero-order valence-corrected chi connectivity index (χ0v) is 24.2. The quantitative estimate of drug-likeness (QED) is 0.327. The Morgan fingerprint density at radius 3 is 2.00 bits per heavy atom. The van der Waals surface area contributed by atoms with Crippen molar-refractivity contribution >= 4 is 33.8 Å². The lowest BCUT2D eigenvalue weighted by atomic mass is 10.1. The lowest BCUT2D eigenvalue weighted by molar-refractivity contribution is 0.130. The van der Waals surface area contributed by atoms with Gasteiger partial charge in [0, 0.05) is 76.9 Å². The normalized spacial score (nSPS) is 17.7. The van der Waals surface area contributed by atoms with Crippen molar-refractivity contribution in [2.45, 2.75) is 19.3 Å². The molecule has 2 aromatic carbocycles. The van der Waals surface area contributed by atoms with Gasteiger partial charge in [0.15, 0.2) is 5.13 Å². The van der Waals surface area contributed by atoms with E-state index in [1.54, 1.807) is 11.3 Å². The van der Waals surface area contributed by atoms with Crippen LogP contribution in [0.2, 0.25) is 5.02 Å². The van der Waals surface area contributed by atoms with Crippen molar-refractivity contribution in [3.8, 4) is 11.3 Å². The number of benzene rings is 2. The maximum absolute atomic E-state index is 6.39. The van der Waals surface area contributed by atoms with Gasteiger partial charge in [-0.25, -0.2) is 4.98 Å². The van der Waals surface area contributed by atoms with Gasteiger partial charge in [-0.2, -0.15) is 0 Å². The molecule has 3 heterocycles. The van der Waals surface area contributed by atoms with Gasteiger partial charge in [0.25, 0.3) is 0 Å². The molecule has 0 unspecified atom stereocenters. The fourth-order valence-corrected chi connectivity index (χ4v) is 6.41. The maximum Gasteiger partial charge on any atom is 0.182 e. The molecule has 204 valence electrons. The minimum atomic E-state index is 0.866. The Labute approximate surface area is 237 Å². The highest BCUT2D eigenvalue weighted by Crippen LogP contribution is 2.26. The van der Waals surface area contributed by atoms with E-state index in [0.717, 1.165) is 55.0 Å². The standard InChI is InChI=1S/C30H41ClN6S/c1-32-30-33-28(24-38-30)26-10-8-25(9-11-26)12-15-36-18-16-34(17-19-36)13-4-5-14-35-20-22-37(23-21-35)29-7-3-2-6-27(29)31/h2-3,6-11,24H,4-5,12-23H2,1H3,(H,32,33). The summed E-state index contributed by atoms with van der Waals surface area (Å²) in [5.74, 6) is 0. The van der Waals surface area contributed by atoms with Gasteiger partial charge in [-0.3, -0.25) is 4.90 Å². The zero-order chi connectivity index (χ0) is 26.2. The van der Waals surface area contributed by atoms with Crippen molar-refractivity contribution in [1.82, 2.24) is 19.7 Å². The van der Waals surface area contributed by atoms with Crippen LogP contribution in [0.3, 0.4) is 0 Å². The minimum absolute atomic E-state index is 0.866. The summed E-state index contributed by atoms with van der Waals surface area (Å²) in [7, 11) is 1.92. The summed E-state index contributed by atoms with van der Waals surface area (Å²) in [6.07, 6.45) is 3.70. The molecule has 0 atom stereocenters. The molecule has 6 nitrogen and oxygen atoms in total. The Balaban J connectivity index is 0.931. The number of aromatic nitrogens is 1. The number of halogens is 1. The van der Waals surface area contributed by atoms with E-state index in [1.807, 2.05) is 19.2 Å². The molecule has 38 heavy (non-hydrogen) atoms. The number of hydrogen-bond acceptors (Lipinski definition) is 7. The van der Waals surface area contributed by atoms with E-state index in [9.17, 15) is 0 Å². The summed E-state index contributed by atoms with van der Waals surface area (Å²) in [5.41, 5.74) is 4.84. The van der Waals surface area contributed by atoms with Crippen molar-refractivity contribution in [2.24, 2.45) is 0 Å². The van der Waals surface area contributed by atoms with Crippen LogP contribution < -0.4 is 10.2 Å². The summed E-state index contributed by atoms with van der Waals surface area (Å²) in [6.45, 7) is 12.8. The highest BCUT2D eigenvalue weighted by atomic mass is 35.5. The third-order valence-corrected chi connectivity index (χ3v) is 9.09. The third kappa shape index (κ3) is 7.48. The van der Waals surface area contributed by atoms with Gasteiger partial charge in [-0.05, 0) is 50.0 Å². The van der Waals surface area contributed by atoms with E-state index in [2.05, 4.69) is 71.7 Å². The van der Waals surface area contributed by atoms with Crippen LogP contribution in [-0.4, -0.2) is 98.7 Å². The molecule has 0 aliphatic carbocycles. The van der Waals surface area contributed by atoms with Gasteiger partial charge in [0.05, 0.1) is 16.4 Å². The van der Waals surface area contributed by atoms with E-state index in [4.69, 9.17) is 11.6 Å². The lowest BCUT2D eigenvalue weighted by Gasteiger charge is -2.37. The summed E-state index contributed by atoms with van der Waals surface area (Å²) >= 11 is 8.04. The third-order valence-electron chi connectivity index (χ3n) is 7.91. The summed E-state index contributed by atoms with van der Waals surface area (Å²) in [6, 6.07) is 17.2. The van der Waals surface area contributed by atoms with E-state index in [-0.39, 0.29) is 0 Å². The predicted octanol–water partition coefficient (Wildman–Crippen LogP) is 5.27. The molecule has 0 bridgehead atoms. The predicted molar refractivity (Wildman–Crippen MR) is 163 cm³/mol. The number of anilines is 2. The molecule has 8 heteroatoms. The number of unbranched alkanes of at least 4 members (excludes halogenated alkanes) is 1. The van der Waals surface area contributed by atoms with E-state index < -0.39 is 0 Å². The summed E-state index contributed by atoms with van der Waals surface area (Å²) in [4.78, 5) is 14.9. The average Bonchev–Trinajstić information content (AvgIpc) is 3.45. The Hall–Kier alpha value is -2.16. The van der Waals surface area contributed by atoms with Crippen molar-refractivity contribution < 1.29 is 0 Å². The van der Waals surface area contributed by atoms with Crippen LogP contribution in [-0.2, 0) is 6.42 Å². The molecule has 1 aromatic heterocycles. The maximum atomic E-state index is 6.39. The first-order chi connectivity index (χ1) is 18.7. The van der Waals surface area contributed by atoms with Gasteiger partial charge >= 0.3 is 0 Å². The van der Waals surface area contributed by atoms with Crippen LogP contribution in [0.5, 0.6) is 0 Å². The first kappa shape index (κ1) is 27.4. The molecule has 2 aliphatic rings. The molecular weight excluding hydrogens is 512 g/mol. The van der Waals surface area contributed by atoms with Crippen molar-refractivity contribution in [3.05, 3.63) is 64.5 Å². The van der Waals surface area contributed by atoms with Crippen LogP contribution in [0.25, 0.3) is 11.3 Å². The molecule has 3 aromatic rings. The van der Waals surface area contributed by atoms with Gasteiger partial charge in [0.1, 0.15) is 0 Å². The lowest BCUT2D eigenvalue weighted by Crippen LogP contribution is -2.47. The smallest absolute Gasteiger partial charge is 0.182 e. The van der Waals surface area contributed by atoms with E-state index in [0.29, 0.717) is 0 Å². The van der Waals surface area contributed by atoms with Gasteiger partial charge < -0.3 is 20.0 Å². The number of rotatable bonds is 11. The molecule has 0 amide bonds. The second-order valence-electron chi connectivity index (χ2n) is 10.4. The molecule has 2 aliphatic heterocycles. The molecular formula is C30H41ClN6S. The fourth-order valence-electron chi connectivity index (χ4n) is 5.48. The molecule has 5 rings (SSSR count). The number of nitrogens with zero attached hydrogens (tertiary/aromatic N) is 5. The SMILES string of the molecule is CNc1nc(-c2ccc(CCN3CCN(CCCCN4CCN(c5ccccc5Cl)CC4)CC3)cc2)cs1. The number of nitrogens with one attached hydrogen (secondary N) is 1. The largest absolute Gasteiger partial charge is 0.368 e. The zero-order valence-electron chi connectivity index (χ0n) is 22.6. The fraction of sp³-hybridized carbons (Fsp3) is 0.500. The first-order valence-corrected chi connectivity index (χ1v) is 15.3. The minimum Gasteiger partial charge on any atom is -0.368 e. The summed E-state index contributed by atoms with van der Waals surface area (Å²) < 4.78 is 0. The van der Waals surface area contributed by atoms with Crippen LogP contribution in [0.4, 0.5) is 10.8 Å². The van der Waals surface area contributed by atoms with Crippen molar-refractivity contribution in [3.63, 3.8) is 0 Å². The molecule has 0 spiro atoms. The first-order valence-electron chi connectivity index (χ1n) is 14.1. The van der Waals surface area contributed by atoms with E-state index >= 15 is 0 Å². The number of thiazole rings is 1. The molecule has 1 N–H and O–H groups in total. The topological polar surface area (TPSA) is 37.9 Å². The van der Waals surface area contributed by atoms with Crippen LogP contribution in [0.1, 0.15) is 18.4 Å². The van der Waals surface area contributed by atoms with Crippen LogP contribution in [0.15, 0.2) is 53.9 Å². The van der Waals surface area contributed by atoms with Gasteiger partial charge in [-0.15, -0.1) is 11.3 Å². The highest BCUT2D eigenvalue weighted by Gasteiger charge is 2.19.